The highest BCUT2D eigenvalue weighted by Crippen LogP contribution is 2.34. The van der Waals surface area contributed by atoms with E-state index in [0.717, 1.165) is 5.56 Å². The summed E-state index contributed by atoms with van der Waals surface area (Å²) in [7, 11) is 2.85. The first-order valence-electron chi connectivity index (χ1n) is 8.42. The van der Waals surface area contributed by atoms with Crippen LogP contribution in [0.3, 0.4) is 0 Å². The van der Waals surface area contributed by atoms with Crippen LogP contribution < -0.4 is 10.6 Å². The number of halogens is 4. The maximum Gasteiger partial charge on any atom is 0.407 e. The van der Waals surface area contributed by atoms with Gasteiger partial charge < -0.3 is 15.4 Å². The van der Waals surface area contributed by atoms with Gasteiger partial charge in [0.25, 0.3) is 0 Å². The third-order valence-electron chi connectivity index (χ3n) is 4.40. The van der Waals surface area contributed by atoms with Crippen molar-refractivity contribution < 1.29 is 17.9 Å². The van der Waals surface area contributed by atoms with Gasteiger partial charge in [-0.2, -0.15) is 18.3 Å². The molecule has 0 bridgehead atoms. The molecule has 1 aromatic carbocycles. The Labute approximate surface area is 164 Å². The SMILES string of the molecule is CN[C@@H](c1ccc(Nc2cnn3cc(Cl)nc3c2[C@H](C)OC)cc1)C(F)(F)F. The molecule has 10 heteroatoms. The number of ether oxygens (including phenoxy) is 1. The lowest BCUT2D eigenvalue weighted by Gasteiger charge is -2.21. The number of anilines is 2. The molecule has 0 aliphatic rings. The van der Waals surface area contributed by atoms with E-state index < -0.39 is 12.2 Å². The molecule has 2 N–H and O–H groups in total. The highest BCUT2D eigenvalue weighted by atomic mass is 35.5. The lowest BCUT2D eigenvalue weighted by atomic mass is 10.1. The van der Waals surface area contributed by atoms with Crippen molar-refractivity contribution in [2.24, 2.45) is 0 Å². The molecule has 0 saturated carbocycles. The van der Waals surface area contributed by atoms with E-state index in [4.69, 9.17) is 16.3 Å². The second-order valence-corrected chi connectivity index (χ2v) is 6.58. The van der Waals surface area contributed by atoms with Gasteiger partial charge in [0.2, 0.25) is 0 Å². The molecule has 3 rings (SSSR count). The summed E-state index contributed by atoms with van der Waals surface area (Å²) >= 11 is 5.98. The zero-order valence-electron chi connectivity index (χ0n) is 15.4. The van der Waals surface area contributed by atoms with E-state index in [9.17, 15) is 13.2 Å². The number of imidazole rings is 1. The van der Waals surface area contributed by atoms with Crippen LogP contribution in [-0.2, 0) is 4.74 Å². The molecule has 0 fully saturated rings. The van der Waals surface area contributed by atoms with Crippen molar-refractivity contribution in [3.63, 3.8) is 0 Å². The Bertz CT molecular complexity index is 958. The molecular formula is C18H19ClF3N5O. The third-order valence-corrected chi connectivity index (χ3v) is 4.58. The standard InChI is InChI=1S/C18H19ClF3N5O/c1-10(28-3)15-13(8-24-27-9-14(19)26-17(15)27)25-12-6-4-11(5-7-12)16(23-2)18(20,21)22/h4-10,16,23,25H,1-3H3/t10-,16-/m0/s1. The van der Waals surface area contributed by atoms with Crippen molar-refractivity contribution in [1.82, 2.24) is 19.9 Å². The van der Waals surface area contributed by atoms with E-state index in [2.05, 4.69) is 20.7 Å². The van der Waals surface area contributed by atoms with Crippen molar-refractivity contribution in [3.8, 4) is 0 Å². The average Bonchev–Trinajstić information content (AvgIpc) is 3.02. The summed E-state index contributed by atoms with van der Waals surface area (Å²) in [6, 6.07) is 4.28. The summed E-state index contributed by atoms with van der Waals surface area (Å²) in [4.78, 5) is 4.27. The predicted octanol–water partition coefficient (Wildman–Crippen LogP) is 4.66. The minimum atomic E-state index is -4.38. The van der Waals surface area contributed by atoms with Gasteiger partial charge >= 0.3 is 6.18 Å². The zero-order valence-corrected chi connectivity index (χ0v) is 16.1. The predicted molar refractivity (Wildman–Crippen MR) is 101 cm³/mol. The molecule has 0 aliphatic carbocycles. The van der Waals surface area contributed by atoms with E-state index in [1.807, 2.05) is 6.92 Å². The van der Waals surface area contributed by atoms with Crippen LogP contribution in [-0.4, -0.2) is 34.9 Å². The Hall–Kier alpha value is -2.36. The number of hydrogen-bond donors (Lipinski definition) is 2. The molecule has 0 unspecified atom stereocenters. The Morgan fingerprint density at radius 1 is 1.21 bits per heavy atom. The normalized spacial score (nSPS) is 14.2. The zero-order chi connectivity index (χ0) is 20.5. The number of rotatable bonds is 6. The summed E-state index contributed by atoms with van der Waals surface area (Å²) in [5.41, 5.74) is 2.62. The first-order chi connectivity index (χ1) is 13.2. The molecule has 2 aromatic heterocycles. The maximum atomic E-state index is 13.1. The van der Waals surface area contributed by atoms with E-state index in [0.29, 0.717) is 22.2 Å². The molecule has 28 heavy (non-hydrogen) atoms. The molecule has 0 amide bonds. The molecule has 0 radical (unpaired) electrons. The van der Waals surface area contributed by atoms with Gasteiger partial charge in [-0.15, -0.1) is 0 Å². The minimum Gasteiger partial charge on any atom is -0.377 e. The van der Waals surface area contributed by atoms with Gasteiger partial charge in [0.05, 0.1) is 29.7 Å². The molecule has 3 aromatic rings. The quantitative estimate of drug-likeness (QED) is 0.615. The Morgan fingerprint density at radius 3 is 2.46 bits per heavy atom. The number of fused-ring (bicyclic) bond motifs is 1. The van der Waals surface area contributed by atoms with Crippen molar-refractivity contribution in [1.29, 1.82) is 0 Å². The Kier molecular flexibility index (Phi) is 5.78. The first kappa shape index (κ1) is 20.4. The van der Waals surface area contributed by atoms with E-state index in [1.165, 1.54) is 19.2 Å². The molecule has 0 aliphatic heterocycles. The highest BCUT2D eigenvalue weighted by molar-refractivity contribution is 6.29. The van der Waals surface area contributed by atoms with Crippen LogP contribution in [0.4, 0.5) is 24.5 Å². The van der Waals surface area contributed by atoms with Crippen molar-refractivity contribution in [2.45, 2.75) is 25.2 Å². The molecule has 6 nitrogen and oxygen atoms in total. The summed E-state index contributed by atoms with van der Waals surface area (Å²) in [5.74, 6) is 0. The minimum absolute atomic E-state index is 0.125. The maximum absolute atomic E-state index is 13.1. The van der Waals surface area contributed by atoms with Crippen molar-refractivity contribution in [3.05, 3.63) is 52.9 Å². The second kappa shape index (κ2) is 7.94. The number of hydrogen-bond acceptors (Lipinski definition) is 5. The van der Waals surface area contributed by atoms with Gasteiger partial charge in [-0.25, -0.2) is 9.50 Å². The Balaban J connectivity index is 1.94. The topological polar surface area (TPSA) is 63.5 Å². The summed E-state index contributed by atoms with van der Waals surface area (Å²) < 4.78 is 46.2. The van der Waals surface area contributed by atoms with E-state index in [-0.39, 0.29) is 11.7 Å². The molecule has 0 spiro atoms. The van der Waals surface area contributed by atoms with Gasteiger partial charge in [-0.05, 0) is 31.7 Å². The fourth-order valence-corrected chi connectivity index (χ4v) is 3.15. The van der Waals surface area contributed by atoms with Gasteiger partial charge in [0, 0.05) is 12.8 Å². The number of aromatic nitrogens is 3. The number of alkyl halides is 3. The highest BCUT2D eigenvalue weighted by Gasteiger charge is 2.39. The fourth-order valence-electron chi connectivity index (χ4n) is 2.98. The number of benzene rings is 1. The van der Waals surface area contributed by atoms with Crippen LogP contribution in [0.1, 0.15) is 30.2 Å². The third kappa shape index (κ3) is 4.06. The van der Waals surface area contributed by atoms with Gasteiger partial charge in [-0.1, -0.05) is 23.7 Å². The smallest absolute Gasteiger partial charge is 0.377 e. The lowest BCUT2D eigenvalue weighted by Crippen LogP contribution is -2.31. The average molecular weight is 414 g/mol. The van der Waals surface area contributed by atoms with Gasteiger partial charge in [-0.3, -0.25) is 0 Å². The van der Waals surface area contributed by atoms with Crippen LogP contribution in [0, 0.1) is 0 Å². The van der Waals surface area contributed by atoms with Gasteiger partial charge in [0.1, 0.15) is 11.2 Å². The molecule has 2 atom stereocenters. The number of nitrogens with zero attached hydrogens (tertiary/aromatic N) is 3. The molecule has 150 valence electrons. The van der Waals surface area contributed by atoms with Crippen molar-refractivity contribution in [2.75, 3.05) is 19.5 Å². The summed E-state index contributed by atoms with van der Waals surface area (Å²) in [6.07, 6.45) is -1.52. The summed E-state index contributed by atoms with van der Waals surface area (Å²) in [5, 5.41) is 10.0. The van der Waals surface area contributed by atoms with Crippen LogP contribution in [0.15, 0.2) is 36.7 Å². The monoisotopic (exact) mass is 413 g/mol. The van der Waals surface area contributed by atoms with Gasteiger partial charge in [0.15, 0.2) is 5.65 Å². The molecule has 2 heterocycles. The van der Waals surface area contributed by atoms with Crippen LogP contribution >= 0.6 is 11.6 Å². The van der Waals surface area contributed by atoms with Crippen LogP contribution in [0.25, 0.3) is 5.65 Å². The Morgan fingerprint density at radius 2 is 1.89 bits per heavy atom. The number of methoxy groups -OCH3 is 1. The van der Waals surface area contributed by atoms with Crippen LogP contribution in [0.2, 0.25) is 5.15 Å². The molecule has 0 saturated heterocycles. The van der Waals surface area contributed by atoms with Crippen molar-refractivity contribution >= 4 is 28.6 Å². The largest absolute Gasteiger partial charge is 0.407 e. The van der Waals surface area contributed by atoms with Crippen LogP contribution in [0.5, 0.6) is 0 Å². The second-order valence-electron chi connectivity index (χ2n) is 6.19. The number of nitrogens with one attached hydrogen (secondary N) is 2. The molecular weight excluding hydrogens is 395 g/mol. The first-order valence-corrected chi connectivity index (χ1v) is 8.80. The van der Waals surface area contributed by atoms with E-state index >= 15 is 0 Å². The van der Waals surface area contributed by atoms with E-state index in [1.54, 1.807) is 36.2 Å². The summed E-state index contributed by atoms with van der Waals surface area (Å²) in [6.45, 7) is 1.85. The lowest BCUT2D eigenvalue weighted by molar-refractivity contribution is -0.156. The fraction of sp³-hybridized carbons (Fsp3) is 0.333.